The summed E-state index contributed by atoms with van der Waals surface area (Å²) in [5, 5.41) is 10.0. The standard InChI is InChI=1S/C16H24N2O6.Na.H/c1-15(2,3)23-14(21)18(24-16(4,5)6)11-8-10(13(19)20)9-17-12(11)22-7;;/h8-9H,1-7H3,(H,19,20);;/q;+1;-1. The van der Waals surface area contributed by atoms with E-state index in [1.807, 2.05) is 0 Å². The van der Waals surface area contributed by atoms with Crippen LogP contribution < -0.4 is 39.4 Å². The first-order chi connectivity index (χ1) is 10.8. The molecule has 0 atom stereocenters. The van der Waals surface area contributed by atoms with E-state index in [4.69, 9.17) is 19.4 Å². The third-order valence-corrected chi connectivity index (χ3v) is 2.42. The van der Waals surface area contributed by atoms with Crippen molar-refractivity contribution in [3.63, 3.8) is 0 Å². The van der Waals surface area contributed by atoms with Crippen LogP contribution in [0.25, 0.3) is 0 Å². The number of hydrogen-bond acceptors (Lipinski definition) is 6. The van der Waals surface area contributed by atoms with E-state index in [0.717, 1.165) is 11.3 Å². The number of pyridine rings is 1. The zero-order valence-corrected chi connectivity index (χ0v) is 18.0. The number of carbonyl (C=O) groups excluding carboxylic acids is 1. The average Bonchev–Trinajstić information content (AvgIpc) is 2.41. The monoisotopic (exact) mass is 364 g/mol. The van der Waals surface area contributed by atoms with Crippen molar-refractivity contribution in [1.29, 1.82) is 0 Å². The Labute approximate surface area is 171 Å². The number of hydroxylamine groups is 1. The predicted molar refractivity (Wildman–Crippen MR) is 88.4 cm³/mol. The fourth-order valence-corrected chi connectivity index (χ4v) is 1.62. The quantitative estimate of drug-likeness (QED) is 0.609. The number of amides is 1. The molecule has 1 aromatic rings. The maximum absolute atomic E-state index is 12.5. The number of carboxylic acid groups (broad SMARTS) is 1. The Kier molecular flexibility index (Phi) is 8.37. The van der Waals surface area contributed by atoms with E-state index in [9.17, 15) is 9.59 Å². The first-order valence-corrected chi connectivity index (χ1v) is 7.33. The number of rotatable bonds is 4. The SMILES string of the molecule is COc1ncc(C(=O)O)cc1N(OC(C)(C)C)C(=O)OC(C)(C)C.[H-].[Na+]. The average molecular weight is 364 g/mol. The number of hydrogen-bond donors (Lipinski definition) is 1. The van der Waals surface area contributed by atoms with Gasteiger partial charge >= 0.3 is 41.6 Å². The summed E-state index contributed by atoms with van der Waals surface area (Å²) in [4.78, 5) is 33.3. The van der Waals surface area contributed by atoms with Crippen LogP contribution in [0, 0.1) is 0 Å². The molecule has 1 aromatic heterocycles. The second kappa shape index (κ2) is 8.84. The minimum atomic E-state index is -1.19. The summed E-state index contributed by atoms with van der Waals surface area (Å²) in [5.74, 6) is -1.15. The van der Waals surface area contributed by atoms with Gasteiger partial charge in [0.05, 0.1) is 18.3 Å². The van der Waals surface area contributed by atoms with Gasteiger partial charge < -0.3 is 16.0 Å². The van der Waals surface area contributed by atoms with Crippen LogP contribution in [0.4, 0.5) is 10.5 Å². The van der Waals surface area contributed by atoms with Gasteiger partial charge in [-0.2, -0.15) is 0 Å². The van der Waals surface area contributed by atoms with Crippen LogP contribution in [0.2, 0.25) is 0 Å². The molecular formula is C16H25N2NaO6. The molecule has 0 unspecified atom stereocenters. The summed E-state index contributed by atoms with van der Waals surface area (Å²) >= 11 is 0. The van der Waals surface area contributed by atoms with Crippen LogP contribution in [-0.2, 0) is 9.57 Å². The third kappa shape index (κ3) is 7.60. The maximum atomic E-state index is 12.5. The van der Waals surface area contributed by atoms with Crippen molar-refractivity contribution in [3.8, 4) is 5.88 Å². The number of carbonyl (C=O) groups is 2. The molecule has 0 aliphatic rings. The van der Waals surface area contributed by atoms with Crippen LogP contribution in [0.3, 0.4) is 0 Å². The van der Waals surface area contributed by atoms with E-state index in [0.29, 0.717) is 0 Å². The maximum Gasteiger partial charge on any atom is 1.00 e. The fourth-order valence-electron chi connectivity index (χ4n) is 1.62. The molecule has 0 spiro atoms. The molecule has 1 N–H and O–H groups in total. The molecule has 0 aromatic carbocycles. The van der Waals surface area contributed by atoms with Crippen molar-refractivity contribution in [2.75, 3.05) is 12.2 Å². The van der Waals surface area contributed by atoms with Gasteiger partial charge in [0, 0.05) is 6.20 Å². The van der Waals surface area contributed by atoms with Crippen molar-refractivity contribution >= 4 is 17.7 Å². The van der Waals surface area contributed by atoms with Gasteiger partial charge in [-0.25, -0.2) is 14.6 Å². The number of aromatic carboxylic acids is 1. The minimum absolute atomic E-state index is 0. The molecule has 0 bridgehead atoms. The van der Waals surface area contributed by atoms with Crippen molar-refractivity contribution in [2.24, 2.45) is 0 Å². The Morgan fingerprint density at radius 1 is 1.16 bits per heavy atom. The predicted octanol–water partition coefficient (Wildman–Crippen LogP) is 0.377. The topological polar surface area (TPSA) is 98.2 Å². The number of aromatic nitrogens is 1. The molecule has 1 rings (SSSR count). The van der Waals surface area contributed by atoms with Crippen LogP contribution in [-0.4, -0.2) is 40.5 Å². The van der Waals surface area contributed by atoms with Gasteiger partial charge in [-0.15, -0.1) is 5.06 Å². The van der Waals surface area contributed by atoms with Crippen molar-refractivity contribution in [1.82, 2.24) is 4.98 Å². The summed E-state index contributed by atoms with van der Waals surface area (Å²) in [6, 6.07) is 1.24. The van der Waals surface area contributed by atoms with Gasteiger partial charge in [-0.1, -0.05) is 0 Å². The fraction of sp³-hybridized carbons (Fsp3) is 0.562. The van der Waals surface area contributed by atoms with Crippen molar-refractivity contribution in [2.45, 2.75) is 52.7 Å². The smallest absolute Gasteiger partial charge is 1.00 e. The van der Waals surface area contributed by atoms with Gasteiger partial charge in [-0.05, 0) is 47.6 Å². The largest absolute Gasteiger partial charge is 1.00 e. The van der Waals surface area contributed by atoms with Crippen LogP contribution >= 0.6 is 0 Å². The molecule has 0 radical (unpaired) electrons. The molecule has 0 aliphatic heterocycles. The molecule has 0 saturated heterocycles. The second-order valence-electron chi connectivity index (χ2n) is 7.04. The van der Waals surface area contributed by atoms with Gasteiger partial charge in [0.1, 0.15) is 11.3 Å². The van der Waals surface area contributed by atoms with E-state index in [1.165, 1.54) is 13.2 Å². The van der Waals surface area contributed by atoms with Gasteiger partial charge in [0.2, 0.25) is 5.88 Å². The third-order valence-electron chi connectivity index (χ3n) is 2.42. The summed E-state index contributed by atoms with van der Waals surface area (Å²) in [6.07, 6.45) is 0.328. The molecular weight excluding hydrogens is 339 g/mol. The van der Waals surface area contributed by atoms with Crippen LogP contribution in [0.15, 0.2) is 12.3 Å². The van der Waals surface area contributed by atoms with Crippen molar-refractivity contribution < 1.29 is 60.0 Å². The molecule has 0 fully saturated rings. The molecule has 136 valence electrons. The number of anilines is 1. The van der Waals surface area contributed by atoms with Crippen molar-refractivity contribution in [3.05, 3.63) is 17.8 Å². The van der Waals surface area contributed by atoms with Crippen LogP contribution in [0.1, 0.15) is 53.3 Å². The zero-order valence-electron chi connectivity index (χ0n) is 17.0. The minimum Gasteiger partial charge on any atom is -1.00 e. The van der Waals surface area contributed by atoms with Gasteiger partial charge in [0.25, 0.3) is 0 Å². The Morgan fingerprint density at radius 2 is 1.72 bits per heavy atom. The summed E-state index contributed by atoms with van der Waals surface area (Å²) in [7, 11) is 1.36. The second-order valence-corrected chi connectivity index (χ2v) is 7.04. The molecule has 25 heavy (non-hydrogen) atoms. The molecule has 1 amide bonds. The molecule has 9 heteroatoms. The first kappa shape index (κ1) is 23.6. The van der Waals surface area contributed by atoms with E-state index in [2.05, 4.69) is 4.98 Å². The summed E-state index contributed by atoms with van der Waals surface area (Å²) in [6.45, 7) is 10.4. The Morgan fingerprint density at radius 3 is 2.12 bits per heavy atom. The number of methoxy groups -OCH3 is 1. The summed E-state index contributed by atoms with van der Waals surface area (Å²) in [5.41, 5.74) is -1.58. The molecule has 8 nitrogen and oxygen atoms in total. The van der Waals surface area contributed by atoms with E-state index in [1.54, 1.807) is 41.5 Å². The van der Waals surface area contributed by atoms with E-state index in [-0.39, 0.29) is 48.1 Å². The molecule has 1 heterocycles. The normalized spacial score (nSPS) is 11.3. The number of nitrogens with zero attached hydrogens (tertiary/aromatic N) is 2. The Balaban J connectivity index is 0. The van der Waals surface area contributed by atoms with E-state index < -0.39 is 23.3 Å². The van der Waals surface area contributed by atoms with Crippen LogP contribution in [0.5, 0.6) is 5.88 Å². The van der Waals surface area contributed by atoms with Gasteiger partial charge in [0.15, 0.2) is 0 Å². The first-order valence-electron chi connectivity index (χ1n) is 7.33. The number of carboxylic acids is 1. The Hall–Kier alpha value is -1.35. The summed E-state index contributed by atoms with van der Waals surface area (Å²) < 4.78 is 10.5. The zero-order chi connectivity index (χ0) is 18.7. The molecule has 0 saturated carbocycles. The molecule has 0 aliphatic carbocycles. The van der Waals surface area contributed by atoms with Gasteiger partial charge in [-0.3, -0.25) is 4.84 Å². The van der Waals surface area contributed by atoms with E-state index >= 15 is 0 Å². The number of ether oxygens (including phenoxy) is 2. The Bertz CT molecular complexity index is 628.